The molecule has 0 bridgehead atoms. The normalized spacial score (nSPS) is 11.6. The van der Waals surface area contributed by atoms with Gasteiger partial charge in [-0.2, -0.15) is 0 Å². The van der Waals surface area contributed by atoms with Gasteiger partial charge in [0.1, 0.15) is 28.4 Å². The highest BCUT2D eigenvalue weighted by atomic mass is 16.6. The summed E-state index contributed by atoms with van der Waals surface area (Å²) in [6, 6.07) is 7.10. The third kappa shape index (κ3) is 23.4. The van der Waals surface area contributed by atoms with Gasteiger partial charge in [-0.05, 0) is 113 Å². The lowest BCUT2D eigenvalue weighted by molar-refractivity contribution is 0.0534. The first kappa shape index (κ1) is 42.2. The Bertz CT molecular complexity index is 1150. The number of hydrogen-bond acceptors (Lipinski definition) is 10. The molecule has 5 N–H and O–H groups in total. The van der Waals surface area contributed by atoms with E-state index in [9.17, 15) is 14.4 Å². The lowest BCUT2D eigenvalue weighted by Gasteiger charge is -2.22. The standard InChI is InChI=1S/C35H60N6O7/c1-33(2,3)46-30(42)39-28(36)26-19-18-20-27(25-26)45-24-17-16-22-37-21-14-12-10-11-13-15-23-38-29(40-31(43)47-34(4,5)6)41-32(44)48-35(7,8)9/h18-20,25,37H,10-17,21-24H2,1-9H3,(H2,36,39,42)(H2,38,40,41,43,44). The Morgan fingerprint density at radius 3 is 1.69 bits per heavy atom. The number of nitrogens with one attached hydrogen (secondary N) is 5. The Morgan fingerprint density at radius 1 is 0.667 bits per heavy atom. The van der Waals surface area contributed by atoms with Gasteiger partial charge in [-0.3, -0.25) is 26.4 Å². The second-order valence-electron chi connectivity index (χ2n) is 14.4. The molecule has 0 spiro atoms. The van der Waals surface area contributed by atoms with Crippen molar-refractivity contribution in [1.29, 1.82) is 5.41 Å². The van der Waals surface area contributed by atoms with Crippen LogP contribution in [0.25, 0.3) is 0 Å². The van der Waals surface area contributed by atoms with E-state index < -0.39 is 35.1 Å². The summed E-state index contributed by atoms with van der Waals surface area (Å²) < 4.78 is 21.6. The van der Waals surface area contributed by atoms with Crippen LogP contribution in [0.15, 0.2) is 29.3 Å². The maximum Gasteiger partial charge on any atom is 0.414 e. The summed E-state index contributed by atoms with van der Waals surface area (Å²) in [6.45, 7) is 18.8. The summed E-state index contributed by atoms with van der Waals surface area (Å²) >= 11 is 0. The Hall–Kier alpha value is -3.87. The minimum Gasteiger partial charge on any atom is -0.494 e. The lowest BCUT2D eigenvalue weighted by Crippen LogP contribution is -2.47. The molecule has 272 valence electrons. The number of hydrogen-bond donors (Lipinski definition) is 5. The van der Waals surface area contributed by atoms with Gasteiger partial charge in [0, 0.05) is 12.1 Å². The Labute approximate surface area is 287 Å². The summed E-state index contributed by atoms with van der Waals surface area (Å²) in [4.78, 5) is 40.6. The van der Waals surface area contributed by atoms with E-state index in [1.54, 1.807) is 80.5 Å². The van der Waals surface area contributed by atoms with Crippen molar-refractivity contribution in [3.05, 3.63) is 29.8 Å². The monoisotopic (exact) mass is 676 g/mol. The summed E-state index contributed by atoms with van der Waals surface area (Å²) in [5, 5.41) is 19.1. The number of unbranched alkanes of at least 4 members (excludes halogenated alkanes) is 6. The molecule has 1 aromatic carbocycles. The van der Waals surface area contributed by atoms with E-state index in [2.05, 4.69) is 26.3 Å². The van der Waals surface area contributed by atoms with Crippen LogP contribution in [-0.2, 0) is 14.2 Å². The summed E-state index contributed by atoms with van der Waals surface area (Å²) in [6.07, 6.45) is 6.10. The van der Waals surface area contributed by atoms with Gasteiger partial charge in [0.2, 0.25) is 5.96 Å². The van der Waals surface area contributed by atoms with Gasteiger partial charge in [-0.25, -0.2) is 14.4 Å². The van der Waals surface area contributed by atoms with Crippen molar-refractivity contribution in [3.8, 4) is 5.75 Å². The summed E-state index contributed by atoms with van der Waals surface area (Å²) in [5.41, 5.74) is -1.45. The fraction of sp³-hybridized carbons (Fsp3) is 0.686. The van der Waals surface area contributed by atoms with Crippen molar-refractivity contribution >= 4 is 30.1 Å². The Kier molecular flexibility index (Phi) is 18.6. The van der Waals surface area contributed by atoms with E-state index in [0.717, 1.165) is 64.5 Å². The average Bonchev–Trinajstić information content (AvgIpc) is 2.92. The Balaban J connectivity index is 2.19. The molecule has 3 amide bonds. The molecule has 0 saturated heterocycles. The third-order valence-electron chi connectivity index (χ3n) is 6.04. The maximum absolute atomic E-state index is 12.2. The van der Waals surface area contributed by atoms with Crippen LogP contribution in [0.2, 0.25) is 0 Å². The van der Waals surface area contributed by atoms with Crippen LogP contribution in [0.3, 0.4) is 0 Å². The van der Waals surface area contributed by atoms with Crippen molar-refractivity contribution in [2.24, 2.45) is 4.99 Å². The summed E-state index contributed by atoms with van der Waals surface area (Å²) in [7, 11) is 0. The van der Waals surface area contributed by atoms with Crippen molar-refractivity contribution < 1.29 is 33.3 Å². The first-order valence-corrected chi connectivity index (χ1v) is 16.9. The number of amidine groups is 1. The molecule has 13 heteroatoms. The molecule has 0 aliphatic heterocycles. The molecule has 0 unspecified atom stereocenters. The predicted octanol–water partition coefficient (Wildman–Crippen LogP) is 7.03. The second kappa shape index (κ2) is 21.2. The number of guanidine groups is 1. The van der Waals surface area contributed by atoms with E-state index in [1.807, 2.05) is 6.07 Å². The highest BCUT2D eigenvalue weighted by Crippen LogP contribution is 2.15. The van der Waals surface area contributed by atoms with Crippen LogP contribution in [0, 0.1) is 5.41 Å². The van der Waals surface area contributed by atoms with Crippen LogP contribution in [0.1, 0.15) is 119 Å². The van der Waals surface area contributed by atoms with E-state index in [1.165, 1.54) is 0 Å². The molecular weight excluding hydrogens is 616 g/mol. The van der Waals surface area contributed by atoms with Gasteiger partial charge in [-0.15, -0.1) is 0 Å². The molecule has 0 heterocycles. The molecule has 0 aromatic heterocycles. The number of rotatable bonds is 16. The molecule has 13 nitrogen and oxygen atoms in total. The molecule has 48 heavy (non-hydrogen) atoms. The van der Waals surface area contributed by atoms with E-state index in [4.69, 9.17) is 24.4 Å². The first-order valence-electron chi connectivity index (χ1n) is 16.9. The SMILES string of the molecule is CC(C)(C)OC(=O)NC(=N)c1cccc(OCCCCNCCCCCCCCN=C(NC(=O)OC(C)(C)C)NC(=O)OC(C)(C)C)c1. The molecule has 0 aliphatic rings. The number of aliphatic imine (C=N–C) groups is 1. The minimum atomic E-state index is -0.699. The van der Waals surface area contributed by atoms with Crippen molar-refractivity contribution in [1.82, 2.24) is 21.3 Å². The lowest BCUT2D eigenvalue weighted by atomic mass is 10.1. The zero-order chi connectivity index (χ0) is 36.2. The van der Waals surface area contributed by atoms with E-state index >= 15 is 0 Å². The number of ether oxygens (including phenoxy) is 4. The van der Waals surface area contributed by atoms with Gasteiger partial charge in [0.25, 0.3) is 0 Å². The molecule has 1 rings (SSSR count). The topological polar surface area (TPSA) is 172 Å². The van der Waals surface area contributed by atoms with Gasteiger partial charge in [0.15, 0.2) is 0 Å². The first-order chi connectivity index (χ1) is 22.3. The van der Waals surface area contributed by atoms with Crippen molar-refractivity contribution in [2.45, 2.75) is 130 Å². The molecule has 0 aliphatic carbocycles. The van der Waals surface area contributed by atoms with Crippen molar-refractivity contribution in [3.63, 3.8) is 0 Å². The number of amides is 3. The van der Waals surface area contributed by atoms with Crippen LogP contribution in [-0.4, -0.2) is 73.1 Å². The fourth-order valence-corrected chi connectivity index (χ4v) is 4.06. The van der Waals surface area contributed by atoms with Gasteiger partial charge < -0.3 is 24.3 Å². The molecule has 0 atom stereocenters. The van der Waals surface area contributed by atoms with Crippen LogP contribution in [0.4, 0.5) is 14.4 Å². The predicted molar refractivity (Wildman–Crippen MR) is 189 cm³/mol. The summed E-state index contributed by atoms with van der Waals surface area (Å²) in [5.74, 6) is 0.621. The van der Waals surface area contributed by atoms with Gasteiger partial charge >= 0.3 is 18.3 Å². The molecule has 0 saturated carbocycles. The van der Waals surface area contributed by atoms with Gasteiger partial charge in [-0.1, -0.05) is 37.8 Å². The third-order valence-corrected chi connectivity index (χ3v) is 6.04. The van der Waals surface area contributed by atoms with Crippen LogP contribution >= 0.6 is 0 Å². The number of nitrogens with zero attached hydrogens (tertiary/aromatic N) is 1. The highest BCUT2D eigenvalue weighted by Gasteiger charge is 2.21. The average molecular weight is 677 g/mol. The quantitative estimate of drug-likeness (QED) is 0.0537. The van der Waals surface area contributed by atoms with Gasteiger partial charge in [0.05, 0.1) is 6.61 Å². The van der Waals surface area contributed by atoms with E-state index in [0.29, 0.717) is 24.5 Å². The Morgan fingerprint density at radius 2 is 1.15 bits per heavy atom. The number of carbonyl (C=O) groups is 3. The molecular formula is C35H60N6O7. The zero-order valence-corrected chi connectivity index (χ0v) is 30.6. The smallest absolute Gasteiger partial charge is 0.414 e. The number of carbonyl (C=O) groups excluding carboxylic acids is 3. The maximum atomic E-state index is 12.2. The minimum absolute atomic E-state index is 0.0106. The number of benzene rings is 1. The zero-order valence-electron chi connectivity index (χ0n) is 30.6. The molecule has 0 radical (unpaired) electrons. The second-order valence-corrected chi connectivity index (χ2v) is 14.4. The van der Waals surface area contributed by atoms with E-state index in [-0.39, 0.29) is 11.8 Å². The largest absolute Gasteiger partial charge is 0.494 e. The highest BCUT2D eigenvalue weighted by molar-refractivity contribution is 6.04. The molecule has 0 fully saturated rings. The van der Waals surface area contributed by atoms with Crippen molar-refractivity contribution in [2.75, 3.05) is 26.2 Å². The fourth-order valence-electron chi connectivity index (χ4n) is 4.06. The molecule has 1 aromatic rings. The van der Waals surface area contributed by atoms with Crippen LogP contribution in [0.5, 0.6) is 5.75 Å². The number of alkyl carbamates (subject to hydrolysis) is 3. The van der Waals surface area contributed by atoms with Crippen LogP contribution < -0.4 is 26.0 Å².